The van der Waals surface area contributed by atoms with Crippen LogP contribution in [-0.2, 0) is 11.8 Å². The summed E-state index contributed by atoms with van der Waals surface area (Å²) in [4.78, 5) is 30.4. The van der Waals surface area contributed by atoms with Crippen molar-refractivity contribution in [3.8, 4) is 0 Å². The molecule has 7 nitrogen and oxygen atoms in total. The van der Waals surface area contributed by atoms with Crippen molar-refractivity contribution in [3.05, 3.63) is 18.0 Å². The monoisotopic (exact) mass is 305 g/mol. The van der Waals surface area contributed by atoms with E-state index < -0.39 is 0 Å². The molecular weight excluding hydrogens is 282 g/mol. The number of nitrogens with zero attached hydrogens (tertiary/aromatic N) is 5. The molecule has 0 unspecified atom stereocenters. The maximum Gasteiger partial charge on any atom is 0.257 e. The lowest BCUT2D eigenvalue weighted by Crippen LogP contribution is -2.51. The van der Waals surface area contributed by atoms with Gasteiger partial charge in [0.2, 0.25) is 5.91 Å². The Morgan fingerprint density at radius 3 is 2.32 bits per heavy atom. The van der Waals surface area contributed by atoms with Gasteiger partial charge in [-0.25, -0.2) is 0 Å². The van der Waals surface area contributed by atoms with Crippen molar-refractivity contribution < 1.29 is 9.59 Å². The Kier molecular flexibility index (Phi) is 4.42. The largest absolute Gasteiger partial charge is 0.342 e. The summed E-state index contributed by atoms with van der Waals surface area (Å²) in [7, 11) is 1.80. The van der Waals surface area contributed by atoms with Crippen LogP contribution in [0.2, 0.25) is 0 Å². The Balaban J connectivity index is 1.47. The Hall–Kier alpha value is -1.89. The SMILES string of the molecule is Cn1cc(C(=O)N2CCN(CC(=O)N3CCCC3)CC2)cn1. The number of hydrogen-bond acceptors (Lipinski definition) is 4. The molecule has 0 spiro atoms. The maximum absolute atomic E-state index is 12.3. The fraction of sp³-hybridized carbons (Fsp3) is 0.667. The second-order valence-electron chi connectivity index (χ2n) is 6.06. The smallest absolute Gasteiger partial charge is 0.257 e. The lowest BCUT2D eigenvalue weighted by molar-refractivity contribution is -0.131. The fourth-order valence-corrected chi connectivity index (χ4v) is 3.08. The average molecular weight is 305 g/mol. The molecule has 1 aromatic heterocycles. The highest BCUT2D eigenvalue weighted by Gasteiger charge is 2.26. The van der Waals surface area contributed by atoms with Crippen LogP contribution in [0.4, 0.5) is 0 Å². The first-order valence-electron chi connectivity index (χ1n) is 7.91. The number of carbonyl (C=O) groups is 2. The van der Waals surface area contributed by atoms with Crippen molar-refractivity contribution in [3.63, 3.8) is 0 Å². The van der Waals surface area contributed by atoms with Crippen LogP contribution in [0.15, 0.2) is 12.4 Å². The lowest BCUT2D eigenvalue weighted by atomic mass is 10.2. The fourth-order valence-electron chi connectivity index (χ4n) is 3.08. The quantitative estimate of drug-likeness (QED) is 0.776. The van der Waals surface area contributed by atoms with E-state index in [0.29, 0.717) is 25.2 Å². The van der Waals surface area contributed by atoms with E-state index >= 15 is 0 Å². The molecule has 2 fully saturated rings. The number of rotatable bonds is 3. The average Bonchev–Trinajstić information content (AvgIpc) is 3.18. The molecule has 0 saturated carbocycles. The Morgan fingerprint density at radius 1 is 1.05 bits per heavy atom. The number of aryl methyl sites for hydroxylation is 1. The Morgan fingerprint density at radius 2 is 1.73 bits per heavy atom. The maximum atomic E-state index is 12.3. The van der Waals surface area contributed by atoms with Gasteiger partial charge in [0.05, 0.1) is 18.3 Å². The molecule has 0 bridgehead atoms. The minimum Gasteiger partial charge on any atom is -0.342 e. The highest BCUT2D eigenvalue weighted by molar-refractivity contribution is 5.93. The molecule has 0 aromatic carbocycles. The molecule has 22 heavy (non-hydrogen) atoms. The third-order valence-corrected chi connectivity index (χ3v) is 4.43. The van der Waals surface area contributed by atoms with Crippen molar-refractivity contribution in [1.82, 2.24) is 24.5 Å². The Labute approximate surface area is 130 Å². The van der Waals surface area contributed by atoms with Crippen molar-refractivity contribution in [1.29, 1.82) is 0 Å². The highest BCUT2D eigenvalue weighted by atomic mass is 16.2. The summed E-state index contributed by atoms with van der Waals surface area (Å²) < 4.78 is 1.64. The van der Waals surface area contributed by atoms with E-state index in [-0.39, 0.29) is 11.8 Å². The normalized spacial score (nSPS) is 19.7. The number of hydrogen-bond donors (Lipinski definition) is 0. The molecule has 2 saturated heterocycles. The lowest BCUT2D eigenvalue weighted by Gasteiger charge is -2.34. The first kappa shape index (κ1) is 15.0. The minimum atomic E-state index is 0.0265. The molecule has 120 valence electrons. The van der Waals surface area contributed by atoms with E-state index in [1.54, 1.807) is 24.1 Å². The van der Waals surface area contributed by atoms with Gasteiger partial charge in [-0.3, -0.25) is 19.2 Å². The van der Waals surface area contributed by atoms with Crippen LogP contribution in [0.5, 0.6) is 0 Å². The van der Waals surface area contributed by atoms with Gasteiger partial charge in [-0.1, -0.05) is 0 Å². The second-order valence-corrected chi connectivity index (χ2v) is 6.06. The Bertz CT molecular complexity index is 542. The molecule has 7 heteroatoms. The van der Waals surface area contributed by atoms with Crippen molar-refractivity contribution >= 4 is 11.8 Å². The number of carbonyl (C=O) groups excluding carboxylic acids is 2. The highest BCUT2D eigenvalue weighted by Crippen LogP contribution is 2.11. The van der Waals surface area contributed by atoms with Gasteiger partial charge in [-0.05, 0) is 12.8 Å². The predicted octanol–water partition coefficient (Wildman–Crippen LogP) is -0.200. The van der Waals surface area contributed by atoms with Crippen LogP contribution in [0, 0.1) is 0 Å². The number of piperazine rings is 1. The topological polar surface area (TPSA) is 61.7 Å². The van der Waals surface area contributed by atoms with Crippen LogP contribution in [0.1, 0.15) is 23.2 Å². The van der Waals surface area contributed by atoms with Gasteiger partial charge in [-0.2, -0.15) is 5.10 Å². The van der Waals surface area contributed by atoms with E-state index in [1.165, 1.54) is 0 Å². The van der Waals surface area contributed by atoms with Crippen molar-refractivity contribution in [2.24, 2.45) is 7.05 Å². The summed E-state index contributed by atoms with van der Waals surface area (Å²) in [6.07, 6.45) is 5.59. The van der Waals surface area contributed by atoms with Gasteiger partial charge < -0.3 is 9.80 Å². The van der Waals surface area contributed by atoms with E-state index in [4.69, 9.17) is 0 Å². The van der Waals surface area contributed by atoms with Gasteiger partial charge in [0, 0.05) is 52.5 Å². The number of likely N-dealkylation sites (tertiary alicyclic amines) is 1. The summed E-state index contributed by atoms with van der Waals surface area (Å²) in [5.74, 6) is 0.253. The van der Waals surface area contributed by atoms with E-state index in [1.807, 2.05) is 9.80 Å². The first-order valence-corrected chi connectivity index (χ1v) is 7.91. The number of aromatic nitrogens is 2. The molecule has 1 aromatic rings. The van der Waals surface area contributed by atoms with Gasteiger partial charge in [0.1, 0.15) is 0 Å². The third kappa shape index (κ3) is 3.30. The van der Waals surface area contributed by atoms with Crippen LogP contribution in [0.25, 0.3) is 0 Å². The molecular formula is C15H23N5O2. The second kappa shape index (κ2) is 6.48. The van der Waals surface area contributed by atoms with Crippen LogP contribution in [-0.4, -0.2) is 82.1 Å². The van der Waals surface area contributed by atoms with Crippen molar-refractivity contribution in [2.75, 3.05) is 45.8 Å². The zero-order valence-corrected chi connectivity index (χ0v) is 13.1. The third-order valence-electron chi connectivity index (χ3n) is 4.43. The zero-order chi connectivity index (χ0) is 15.5. The summed E-state index contributed by atoms with van der Waals surface area (Å²) in [6, 6.07) is 0. The van der Waals surface area contributed by atoms with Gasteiger partial charge >= 0.3 is 0 Å². The van der Waals surface area contributed by atoms with Gasteiger partial charge in [0.15, 0.2) is 0 Å². The zero-order valence-electron chi connectivity index (χ0n) is 13.1. The van der Waals surface area contributed by atoms with E-state index in [9.17, 15) is 9.59 Å². The summed E-state index contributed by atoms with van der Waals surface area (Å²) >= 11 is 0. The predicted molar refractivity (Wildman–Crippen MR) is 81.4 cm³/mol. The molecule has 0 radical (unpaired) electrons. The number of amides is 2. The molecule has 2 aliphatic heterocycles. The van der Waals surface area contributed by atoms with E-state index in [2.05, 4.69) is 10.00 Å². The van der Waals surface area contributed by atoms with Gasteiger partial charge in [0.25, 0.3) is 5.91 Å². The van der Waals surface area contributed by atoms with Gasteiger partial charge in [-0.15, -0.1) is 0 Å². The van der Waals surface area contributed by atoms with Crippen LogP contribution >= 0.6 is 0 Å². The molecule has 0 N–H and O–H groups in total. The van der Waals surface area contributed by atoms with Crippen LogP contribution < -0.4 is 0 Å². The molecule has 0 aliphatic carbocycles. The molecule has 0 atom stereocenters. The van der Waals surface area contributed by atoms with E-state index in [0.717, 1.165) is 39.0 Å². The van der Waals surface area contributed by atoms with Crippen molar-refractivity contribution in [2.45, 2.75) is 12.8 Å². The molecule has 2 amide bonds. The van der Waals surface area contributed by atoms with Crippen LogP contribution in [0.3, 0.4) is 0 Å². The standard InChI is InChI=1S/C15H23N5O2/c1-17-11-13(10-16-17)15(22)20-8-6-18(7-9-20)12-14(21)19-4-2-3-5-19/h10-11H,2-9,12H2,1H3. The molecule has 3 heterocycles. The molecule has 3 rings (SSSR count). The molecule has 2 aliphatic rings. The summed E-state index contributed by atoms with van der Waals surface area (Å²) in [5, 5.41) is 4.04. The first-order chi connectivity index (χ1) is 10.6. The summed E-state index contributed by atoms with van der Waals surface area (Å²) in [5.41, 5.74) is 0.629. The minimum absolute atomic E-state index is 0.0265. The summed E-state index contributed by atoms with van der Waals surface area (Å²) in [6.45, 7) is 5.13.